The Morgan fingerprint density at radius 3 is 1.91 bits per heavy atom. The first-order valence-electron chi connectivity index (χ1n) is 11.8. The molecule has 0 bridgehead atoms. The van der Waals surface area contributed by atoms with E-state index in [1.165, 1.54) is 10.4 Å². The molecular weight excluding hydrogens is 418 g/mol. The molecule has 2 aromatic rings. The molecule has 1 heterocycles. The second kappa shape index (κ2) is 10.6. The first kappa shape index (κ1) is 25.1. The Balaban J connectivity index is 2.01. The lowest BCUT2D eigenvalue weighted by Gasteiger charge is -2.47. The lowest BCUT2D eigenvalue weighted by Crippen LogP contribution is -2.69. The van der Waals surface area contributed by atoms with Gasteiger partial charge in [-0.25, -0.2) is 0 Å². The maximum absolute atomic E-state index is 10.9. The van der Waals surface area contributed by atoms with Crippen LogP contribution in [0.5, 0.6) is 0 Å². The topological polar surface area (TPSA) is 73.2 Å². The minimum Gasteiger partial charge on any atom is -0.406 e. The maximum Gasteiger partial charge on any atom is 0.261 e. The minimum absolute atomic E-state index is 0.165. The third kappa shape index (κ3) is 5.01. The summed E-state index contributed by atoms with van der Waals surface area (Å²) in [7, 11) is -2.74. The molecule has 3 N–H and O–H groups in total. The molecule has 3 rings (SSSR count). The van der Waals surface area contributed by atoms with Gasteiger partial charge in [0.25, 0.3) is 8.32 Å². The number of nitrogens with zero attached hydrogens (tertiary/aromatic N) is 1. The van der Waals surface area contributed by atoms with Crippen molar-refractivity contribution in [2.24, 2.45) is 0 Å². The molecule has 0 unspecified atom stereocenters. The van der Waals surface area contributed by atoms with E-state index in [0.29, 0.717) is 13.2 Å². The van der Waals surface area contributed by atoms with Crippen molar-refractivity contribution in [3.05, 3.63) is 60.7 Å². The van der Waals surface area contributed by atoms with Crippen molar-refractivity contribution in [1.29, 1.82) is 0 Å². The van der Waals surface area contributed by atoms with Crippen LogP contribution in [-0.4, -0.2) is 72.6 Å². The van der Waals surface area contributed by atoms with Gasteiger partial charge < -0.3 is 19.7 Å². The van der Waals surface area contributed by atoms with Crippen LogP contribution in [0.25, 0.3) is 0 Å². The molecule has 32 heavy (non-hydrogen) atoms. The number of aliphatic hydroxyl groups excluding tert-OH is 3. The molecule has 1 aliphatic heterocycles. The Labute approximate surface area is 193 Å². The number of benzene rings is 2. The van der Waals surface area contributed by atoms with Gasteiger partial charge in [-0.15, -0.1) is 0 Å². The summed E-state index contributed by atoms with van der Waals surface area (Å²) in [6.45, 7) is 10.2. The third-order valence-electron chi connectivity index (χ3n) is 6.72. The van der Waals surface area contributed by atoms with Gasteiger partial charge in [0.2, 0.25) is 0 Å². The van der Waals surface area contributed by atoms with Gasteiger partial charge in [-0.1, -0.05) is 94.8 Å². The summed E-state index contributed by atoms with van der Waals surface area (Å²) < 4.78 is 7.01. The highest BCUT2D eigenvalue weighted by molar-refractivity contribution is 6.99. The molecular formula is C26H39NO4Si. The smallest absolute Gasteiger partial charge is 0.261 e. The van der Waals surface area contributed by atoms with E-state index in [2.05, 4.69) is 81.1 Å². The van der Waals surface area contributed by atoms with Crippen molar-refractivity contribution in [1.82, 2.24) is 4.90 Å². The van der Waals surface area contributed by atoms with Crippen LogP contribution in [0, 0.1) is 0 Å². The quantitative estimate of drug-likeness (QED) is 0.530. The van der Waals surface area contributed by atoms with E-state index < -0.39 is 26.6 Å². The molecule has 0 spiro atoms. The lowest BCUT2D eigenvalue weighted by atomic mass is 9.94. The van der Waals surface area contributed by atoms with Crippen molar-refractivity contribution in [3.63, 3.8) is 0 Å². The van der Waals surface area contributed by atoms with Gasteiger partial charge in [-0.05, 0) is 28.4 Å². The van der Waals surface area contributed by atoms with E-state index in [9.17, 15) is 15.3 Å². The summed E-state index contributed by atoms with van der Waals surface area (Å²) in [4.78, 5) is 2.09. The number of rotatable bonds is 8. The Hall–Kier alpha value is -1.54. The predicted molar refractivity (Wildman–Crippen MR) is 132 cm³/mol. The van der Waals surface area contributed by atoms with Crippen LogP contribution in [0.3, 0.4) is 0 Å². The van der Waals surface area contributed by atoms with E-state index in [-0.39, 0.29) is 11.1 Å². The average Bonchev–Trinajstić information content (AvgIpc) is 2.78. The third-order valence-corrected chi connectivity index (χ3v) is 11.7. The predicted octanol–water partition coefficient (Wildman–Crippen LogP) is 2.13. The summed E-state index contributed by atoms with van der Waals surface area (Å²) in [6, 6.07) is 20.5. The van der Waals surface area contributed by atoms with Crippen molar-refractivity contribution < 1.29 is 19.7 Å². The monoisotopic (exact) mass is 457 g/mol. The number of likely N-dealkylation sites (tertiary alicyclic amines) is 1. The Morgan fingerprint density at radius 1 is 0.906 bits per heavy atom. The number of aliphatic hydroxyl groups is 3. The largest absolute Gasteiger partial charge is 0.406 e. The molecule has 2 aromatic carbocycles. The minimum atomic E-state index is -2.74. The molecule has 0 radical (unpaired) electrons. The maximum atomic E-state index is 10.9. The molecule has 5 nitrogen and oxygen atoms in total. The number of β-amino-alcohol motifs (C(OH)–C–C–N with tert-alkyl or cyclic N) is 1. The van der Waals surface area contributed by atoms with Crippen LogP contribution in [0.1, 0.15) is 40.5 Å². The van der Waals surface area contributed by atoms with Gasteiger partial charge >= 0.3 is 0 Å². The zero-order chi connectivity index (χ0) is 23.4. The number of unbranched alkanes of at least 4 members (excludes halogenated alkanes) is 1. The molecule has 176 valence electrons. The molecule has 1 aliphatic rings. The van der Waals surface area contributed by atoms with Gasteiger partial charge in [-0.3, -0.25) is 4.90 Å². The fourth-order valence-corrected chi connectivity index (χ4v) is 9.53. The number of hydrogen-bond donors (Lipinski definition) is 3. The number of hydrogen-bond acceptors (Lipinski definition) is 5. The lowest BCUT2D eigenvalue weighted by molar-refractivity contribution is -0.143. The van der Waals surface area contributed by atoms with Gasteiger partial charge in [0.15, 0.2) is 0 Å². The fraction of sp³-hybridized carbons (Fsp3) is 0.538. The van der Waals surface area contributed by atoms with Crippen LogP contribution in [-0.2, 0) is 4.43 Å². The van der Waals surface area contributed by atoms with Crippen LogP contribution in [0.4, 0.5) is 0 Å². The first-order chi connectivity index (χ1) is 15.2. The first-order valence-corrected chi connectivity index (χ1v) is 13.7. The summed E-state index contributed by atoms with van der Waals surface area (Å²) in [5.41, 5.74) is 0. The molecule has 1 fully saturated rings. The Morgan fingerprint density at radius 2 is 1.44 bits per heavy atom. The molecule has 0 aromatic heterocycles. The van der Waals surface area contributed by atoms with Gasteiger partial charge in [0.1, 0.15) is 12.2 Å². The van der Waals surface area contributed by atoms with Crippen LogP contribution < -0.4 is 10.4 Å². The molecule has 1 saturated heterocycles. The van der Waals surface area contributed by atoms with Crippen molar-refractivity contribution >= 4 is 18.7 Å². The average molecular weight is 458 g/mol. The molecule has 0 aliphatic carbocycles. The second-order valence-corrected chi connectivity index (χ2v) is 14.2. The van der Waals surface area contributed by atoms with Gasteiger partial charge in [-0.2, -0.15) is 0 Å². The summed E-state index contributed by atoms with van der Waals surface area (Å²) in [5, 5.41) is 33.8. The second-order valence-electron chi connectivity index (χ2n) is 9.94. The highest BCUT2D eigenvalue weighted by Gasteiger charge is 2.51. The van der Waals surface area contributed by atoms with Crippen LogP contribution in [0.15, 0.2) is 60.7 Å². The standard InChI is InChI=1S/C26H39NO4Si/c1-5-6-17-27-18-23(28)25(30)24(29)22(27)19-31-32(26(2,3)4,20-13-9-7-10-14-20)21-15-11-8-12-16-21/h7-16,22-25,28-30H,5-6,17-19H2,1-4H3/t22-,23+,24-,25-/m1/s1. The Kier molecular flexibility index (Phi) is 8.30. The highest BCUT2D eigenvalue weighted by atomic mass is 28.4. The highest BCUT2D eigenvalue weighted by Crippen LogP contribution is 2.37. The summed E-state index contributed by atoms with van der Waals surface area (Å²) in [5.74, 6) is 0. The molecule has 0 amide bonds. The van der Waals surface area contributed by atoms with E-state index in [1.54, 1.807) is 0 Å². The van der Waals surface area contributed by atoms with E-state index in [0.717, 1.165) is 19.4 Å². The van der Waals surface area contributed by atoms with Crippen molar-refractivity contribution in [3.8, 4) is 0 Å². The number of piperidine rings is 1. The van der Waals surface area contributed by atoms with Crippen molar-refractivity contribution in [2.75, 3.05) is 19.7 Å². The molecule has 6 heteroatoms. The van der Waals surface area contributed by atoms with Crippen LogP contribution >= 0.6 is 0 Å². The summed E-state index contributed by atoms with van der Waals surface area (Å²) >= 11 is 0. The zero-order valence-corrected chi connectivity index (χ0v) is 20.8. The molecule has 0 saturated carbocycles. The summed E-state index contributed by atoms with van der Waals surface area (Å²) in [6.07, 6.45) is -1.20. The van der Waals surface area contributed by atoms with E-state index >= 15 is 0 Å². The SMILES string of the molecule is CCCCN1C[C@H](O)[C@@H](O)[C@H](O)[C@H]1CO[Si](c1ccccc1)(c1ccccc1)C(C)(C)C. The van der Waals surface area contributed by atoms with Gasteiger partial charge in [0.05, 0.1) is 18.8 Å². The zero-order valence-electron chi connectivity index (χ0n) is 19.8. The van der Waals surface area contributed by atoms with Gasteiger partial charge in [0, 0.05) is 6.54 Å². The molecule has 4 atom stereocenters. The van der Waals surface area contributed by atoms with E-state index in [1.807, 2.05) is 12.1 Å². The Bertz CT molecular complexity index is 787. The normalized spacial score (nSPS) is 25.1. The van der Waals surface area contributed by atoms with Crippen LogP contribution in [0.2, 0.25) is 5.04 Å². The fourth-order valence-electron chi connectivity index (χ4n) is 4.95. The van der Waals surface area contributed by atoms with Crippen molar-refractivity contribution in [2.45, 2.75) is 69.9 Å². The van der Waals surface area contributed by atoms with E-state index in [4.69, 9.17) is 4.43 Å².